The molecule has 0 aromatic carbocycles. The molecular formula is C12H27MnNaO3S. The van der Waals surface area contributed by atoms with Crippen molar-refractivity contribution in [2.75, 3.05) is 5.75 Å². The van der Waals surface area contributed by atoms with Crippen LogP contribution in [0.25, 0.3) is 0 Å². The van der Waals surface area contributed by atoms with Crippen LogP contribution in [-0.4, -0.2) is 48.3 Å². The van der Waals surface area contributed by atoms with E-state index in [-0.39, 0.29) is 52.4 Å². The van der Waals surface area contributed by atoms with Crippen LogP contribution in [0.15, 0.2) is 0 Å². The van der Waals surface area contributed by atoms with Gasteiger partial charge >= 0.3 is 29.6 Å². The van der Waals surface area contributed by atoms with Crippen LogP contribution < -0.4 is 0 Å². The number of rotatable bonds is 11. The molecule has 1 N–H and O–H groups in total. The monoisotopic (exact) mass is 329 g/mol. The van der Waals surface area contributed by atoms with Gasteiger partial charge in [-0.1, -0.05) is 64.7 Å². The Morgan fingerprint density at radius 2 is 1.11 bits per heavy atom. The number of hydrogen-bond donors (Lipinski definition) is 1. The van der Waals surface area contributed by atoms with Crippen molar-refractivity contribution in [2.45, 2.75) is 71.1 Å². The van der Waals surface area contributed by atoms with E-state index in [9.17, 15) is 8.42 Å². The van der Waals surface area contributed by atoms with Crippen LogP contribution in [-0.2, 0) is 27.2 Å². The Morgan fingerprint density at radius 3 is 1.44 bits per heavy atom. The Labute approximate surface area is 145 Å². The zero-order valence-electron chi connectivity index (χ0n) is 10.8. The summed E-state index contributed by atoms with van der Waals surface area (Å²) < 4.78 is 29.4. The minimum atomic E-state index is -3.73. The summed E-state index contributed by atoms with van der Waals surface area (Å²) in [6, 6.07) is 0. The van der Waals surface area contributed by atoms with Gasteiger partial charge in [-0.2, -0.15) is 8.42 Å². The van der Waals surface area contributed by atoms with E-state index in [2.05, 4.69) is 6.92 Å². The van der Waals surface area contributed by atoms with E-state index in [0.717, 1.165) is 12.8 Å². The van der Waals surface area contributed by atoms with Gasteiger partial charge in [0, 0.05) is 17.1 Å². The fourth-order valence-corrected chi connectivity index (χ4v) is 2.34. The van der Waals surface area contributed by atoms with Crippen molar-refractivity contribution in [1.82, 2.24) is 0 Å². The first-order chi connectivity index (χ1) is 7.56. The standard InChI is InChI=1S/C12H26O3S.Mn.Na.H/c1-2-3-4-5-6-7-8-9-10-11-12-16(13,14)15;;;/h2-12H2,1H3,(H,13,14,15);;;. The summed E-state index contributed by atoms with van der Waals surface area (Å²) in [5, 5.41) is 0. The molecule has 18 heavy (non-hydrogen) atoms. The Balaban J connectivity index is -0.00000112. The minimum absolute atomic E-state index is 0. The normalized spacial score (nSPS) is 10.6. The molecule has 0 atom stereocenters. The van der Waals surface area contributed by atoms with Crippen LogP contribution >= 0.6 is 0 Å². The molecule has 0 aliphatic carbocycles. The molecular weight excluding hydrogens is 302 g/mol. The van der Waals surface area contributed by atoms with Gasteiger partial charge in [0.15, 0.2) is 0 Å². The van der Waals surface area contributed by atoms with Crippen LogP contribution in [0, 0.1) is 0 Å². The maximum absolute atomic E-state index is 10.4. The van der Waals surface area contributed by atoms with E-state index in [1.165, 1.54) is 44.9 Å². The zero-order valence-corrected chi connectivity index (χ0v) is 12.8. The fraction of sp³-hybridized carbons (Fsp3) is 1.00. The molecule has 0 fully saturated rings. The van der Waals surface area contributed by atoms with E-state index in [4.69, 9.17) is 4.55 Å². The summed E-state index contributed by atoms with van der Waals surface area (Å²) in [5.41, 5.74) is 0. The van der Waals surface area contributed by atoms with Gasteiger partial charge in [-0.3, -0.25) is 4.55 Å². The molecule has 0 aromatic rings. The van der Waals surface area contributed by atoms with Gasteiger partial charge < -0.3 is 0 Å². The third-order valence-corrected chi connectivity index (χ3v) is 3.56. The number of hydrogen-bond acceptors (Lipinski definition) is 2. The Morgan fingerprint density at radius 1 is 0.778 bits per heavy atom. The van der Waals surface area contributed by atoms with Gasteiger partial charge in [0.1, 0.15) is 0 Å². The third kappa shape index (κ3) is 22.6. The summed E-state index contributed by atoms with van der Waals surface area (Å²) in [4.78, 5) is 0. The van der Waals surface area contributed by atoms with Crippen molar-refractivity contribution >= 4 is 39.7 Å². The molecule has 0 rings (SSSR count). The van der Waals surface area contributed by atoms with Gasteiger partial charge in [0.25, 0.3) is 10.1 Å². The predicted octanol–water partition coefficient (Wildman–Crippen LogP) is 3.14. The van der Waals surface area contributed by atoms with Crippen LogP contribution in [0.4, 0.5) is 0 Å². The van der Waals surface area contributed by atoms with Crippen molar-refractivity contribution in [3.8, 4) is 0 Å². The van der Waals surface area contributed by atoms with E-state index in [1.807, 2.05) is 0 Å². The second-order valence-electron chi connectivity index (χ2n) is 4.47. The first kappa shape index (κ1) is 24.4. The average molecular weight is 329 g/mol. The molecule has 0 aliphatic rings. The van der Waals surface area contributed by atoms with Crippen molar-refractivity contribution in [3.05, 3.63) is 0 Å². The Bertz CT molecular complexity index is 246. The van der Waals surface area contributed by atoms with Crippen LogP contribution in [0.2, 0.25) is 0 Å². The predicted molar refractivity (Wildman–Crippen MR) is 75.4 cm³/mol. The molecule has 1 radical (unpaired) electrons. The Hall–Kier alpha value is 1.43. The summed E-state index contributed by atoms with van der Waals surface area (Å²) in [6.07, 6.45) is 11.7. The van der Waals surface area contributed by atoms with E-state index >= 15 is 0 Å². The zero-order chi connectivity index (χ0) is 12.3. The molecule has 0 spiro atoms. The Kier molecular flexibility index (Phi) is 22.4. The second-order valence-corrected chi connectivity index (χ2v) is 6.04. The molecule has 0 heterocycles. The quantitative estimate of drug-likeness (QED) is 0.360. The summed E-state index contributed by atoms with van der Waals surface area (Å²) in [5.74, 6) is -0.0799. The number of unbranched alkanes of at least 4 members (excludes halogenated alkanes) is 9. The molecule has 0 saturated heterocycles. The van der Waals surface area contributed by atoms with Gasteiger partial charge in [0.05, 0.1) is 5.75 Å². The van der Waals surface area contributed by atoms with E-state index in [0.29, 0.717) is 6.42 Å². The second kappa shape index (κ2) is 16.5. The average Bonchev–Trinajstić information content (AvgIpc) is 2.19. The van der Waals surface area contributed by atoms with Crippen molar-refractivity contribution in [2.24, 2.45) is 0 Å². The van der Waals surface area contributed by atoms with E-state index < -0.39 is 10.1 Å². The van der Waals surface area contributed by atoms with Crippen molar-refractivity contribution in [1.29, 1.82) is 0 Å². The van der Waals surface area contributed by atoms with Crippen molar-refractivity contribution in [3.63, 3.8) is 0 Å². The molecule has 0 saturated carbocycles. The van der Waals surface area contributed by atoms with Crippen LogP contribution in [0.3, 0.4) is 0 Å². The van der Waals surface area contributed by atoms with Gasteiger partial charge in [-0.25, -0.2) is 0 Å². The molecule has 107 valence electrons. The molecule has 0 amide bonds. The molecule has 0 aliphatic heterocycles. The molecule has 0 bridgehead atoms. The summed E-state index contributed by atoms with van der Waals surface area (Å²) in [7, 11) is -3.73. The van der Waals surface area contributed by atoms with Gasteiger partial charge in [-0.05, 0) is 6.42 Å². The molecule has 6 heteroatoms. The first-order valence-corrected chi connectivity index (χ1v) is 8.12. The fourth-order valence-electron chi connectivity index (χ4n) is 1.77. The van der Waals surface area contributed by atoms with E-state index in [1.54, 1.807) is 0 Å². The molecule has 3 nitrogen and oxygen atoms in total. The van der Waals surface area contributed by atoms with Crippen LogP contribution in [0.1, 0.15) is 71.1 Å². The third-order valence-electron chi connectivity index (χ3n) is 2.76. The summed E-state index contributed by atoms with van der Waals surface area (Å²) >= 11 is 0. The van der Waals surface area contributed by atoms with Crippen molar-refractivity contribution < 1.29 is 30.0 Å². The molecule has 0 aromatic heterocycles. The van der Waals surface area contributed by atoms with Crippen LogP contribution in [0.5, 0.6) is 0 Å². The SMILES string of the molecule is CCCCCCCCCCCCS(=O)(=O)O.[Mn].[NaH]. The van der Waals surface area contributed by atoms with Gasteiger partial charge in [-0.15, -0.1) is 0 Å². The summed E-state index contributed by atoms with van der Waals surface area (Å²) in [6.45, 7) is 2.22. The van der Waals surface area contributed by atoms with Gasteiger partial charge in [0.2, 0.25) is 0 Å². The molecule has 0 unspecified atom stereocenters. The topological polar surface area (TPSA) is 54.4 Å². The maximum atomic E-state index is 10.4. The first-order valence-electron chi connectivity index (χ1n) is 6.51.